The third kappa shape index (κ3) is 4.49. The summed E-state index contributed by atoms with van der Waals surface area (Å²) in [5.41, 5.74) is 1.97. The van der Waals surface area contributed by atoms with Gasteiger partial charge >= 0.3 is 0 Å². The first-order chi connectivity index (χ1) is 12.2. The molecule has 0 fully saturated rings. The van der Waals surface area contributed by atoms with Crippen LogP contribution in [0.15, 0.2) is 65.2 Å². The molecule has 3 aromatic rings. The lowest BCUT2D eigenvalue weighted by atomic mass is 10.2. The molecule has 124 valence electrons. The number of nitrogens with zero attached hydrogens (tertiary/aromatic N) is 1. The van der Waals surface area contributed by atoms with Crippen LogP contribution in [0.2, 0.25) is 0 Å². The fourth-order valence-corrected chi connectivity index (χ4v) is 2.12. The summed E-state index contributed by atoms with van der Waals surface area (Å²) in [6, 6.07) is 18.2. The molecule has 25 heavy (non-hydrogen) atoms. The Morgan fingerprint density at radius 3 is 2.60 bits per heavy atom. The molecule has 5 heteroatoms. The zero-order valence-electron chi connectivity index (χ0n) is 13.7. The van der Waals surface area contributed by atoms with Gasteiger partial charge in [0.1, 0.15) is 5.75 Å². The summed E-state index contributed by atoms with van der Waals surface area (Å²) in [4.78, 5) is 12.1. The molecule has 3 rings (SSSR count). The second-order valence-electron chi connectivity index (χ2n) is 5.21. The van der Waals surface area contributed by atoms with Gasteiger partial charge in [0.25, 0.3) is 5.91 Å². The van der Waals surface area contributed by atoms with Crippen molar-refractivity contribution in [3.63, 3.8) is 0 Å². The van der Waals surface area contributed by atoms with Gasteiger partial charge in [0.15, 0.2) is 11.5 Å². The Morgan fingerprint density at radius 2 is 1.88 bits per heavy atom. The SMILES string of the molecule is COc1ccc(C(=O)NCc2cc(C#Cc3ccccc3)no2)cc1. The van der Waals surface area contributed by atoms with Crippen molar-refractivity contribution in [1.29, 1.82) is 0 Å². The molecule has 0 bridgehead atoms. The van der Waals surface area contributed by atoms with Crippen LogP contribution in [-0.2, 0) is 6.54 Å². The summed E-state index contributed by atoms with van der Waals surface area (Å²) < 4.78 is 10.3. The van der Waals surface area contributed by atoms with Gasteiger partial charge in [-0.2, -0.15) is 0 Å². The number of carbonyl (C=O) groups is 1. The van der Waals surface area contributed by atoms with E-state index < -0.39 is 0 Å². The zero-order valence-corrected chi connectivity index (χ0v) is 13.7. The minimum Gasteiger partial charge on any atom is -0.497 e. The van der Waals surface area contributed by atoms with E-state index in [-0.39, 0.29) is 12.5 Å². The van der Waals surface area contributed by atoms with Crippen LogP contribution >= 0.6 is 0 Å². The molecular weight excluding hydrogens is 316 g/mol. The van der Waals surface area contributed by atoms with E-state index in [0.717, 1.165) is 5.56 Å². The summed E-state index contributed by atoms with van der Waals surface area (Å²) >= 11 is 0. The van der Waals surface area contributed by atoms with Crippen molar-refractivity contribution in [2.75, 3.05) is 7.11 Å². The maximum Gasteiger partial charge on any atom is 0.251 e. The largest absolute Gasteiger partial charge is 0.497 e. The Kier molecular flexibility index (Phi) is 5.13. The van der Waals surface area contributed by atoms with Gasteiger partial charge in [-0.25, -0.2) is 0 Å². The first-order valence-corrected chi connectivity index (χ1v) is 7.69. The molecule has 1 aromatic heterocycles. The molecule has 0 aliphatic heterocycles. The lowest BCUT2D eigenvalue weighted by molar-refractivity contribution is 0.0947. The minimum absolute atomic E-state index is 0.198. The van der Waals surface area contributed by atoms with E-state index in [1.165, 1.54) is 0 Å². The van der Waals surface area contributed by atoms with Crippen molar-refractivity contribution >= 4 is 5.91 Å². The molecule has 1 N–H and O–H groups in total. The van der Waals surface area contributed by atoms with Crippen LogP contribution in [0.25, 0.3) is 0 Å². The average Bonchev–Trinajstić information content (AvgIpc) is 3.13. The van der Waals surface area contributed by atoms with Gasteiger partial charge < -0.3 is 14.6 Å². The maximum absolute atomic E-state index is 12.1. The molecule has 0 unspecified atom stereocenters. The van der Waals surface area contributed by atoms with E-state index in [1.54, 1.807) is 37.4 Å². The Balaban J connectivity index is 1.58. The Bertz CT molecular complexity index is 903. The summed E-state index contributed by atoms with van der Waals surface area (Å²) in [5, 5.41) is 6.67. The highest BCUT2D eigenvalue weighted by Gasteiger charge is 2.08. The molecular formula is C20H16N2O3. The second-order valence-corrected chi connectivity index (χ2v) is 5.21. The molecule has 2 aromatic carbocycles. The second kappa shape index (κ2) is 7.84. The van der Waals surface area contributed by atoms with Crippen molar-refractivity contribution in [2.45, 2.75) is 6.54 Å². The van der Waals surface area contributed by atoms with Gasteiger partial charge in [-0.1, -0.05) is 29.3 Å². The van der Waals surface area contributed by atoms with Crippen LogP contribution in [-0.4, -0.2) is 18.2 Å². The van der Waals surface area contributed by atoms with Gasteiger partial charge in [0.2, 0.25) is 0 Å². The van der Waals surface area contributed by atoms with Crippen LogP contribution in [0.5, 0.6) is 5.75 Å². The zero-order chi connectivity index (χ0) is 17.5. The average molecular weight is 332 g/mol. The van der Waals surface area contributed by atoms with Crippen LogP contribution < -0.4 is 10.1 Å². The third-order valence-electron chi connectivity index (χ3n) is 3.44. The van der Waals surface area contributed by atoms with E-state index in [0.29, 0.717) is 22.8 Å². The van der Waals surface area contributed by atoms with Crippen LogP contribution in [0.3, 0.4) is 0 Å². The van der Waals surface area contributed by atoms with Crippen LogP contribution in [0.1, 0.15) is 27.4 Å². The molecule has 0 saturated heterocycles. The van der Waals surface area contributed by atoms with Gasteiger partial charge in [-0.05, 0) is 42.3 Å². The first kappa shape index (κ1) is 16.3. The normalized spacial score (nSPS) is 9.80. The number of methoxy groups -OCH3 is 1. The number of carbonyl (C=O) groups excluding carboxylic acids is 1. The van der Waals surface area contributed by atoms with Crippen LogP contribution in [0.4, 0.5) is 0 Å². The molecule has 1 heterocycles. The number of ether oxygens (including phenoxy) is 1. The standard InChI is InChI=1S/C20H16N2O3/c1-24-18-11-8-16(9-12-18)20(23)21-14-19-13-17(22-25-19)10-7-15-5-3-2-4-6-15/h2-6,8-9,11-13H,14H2,1H3,(H,21,23). The van der Waals surface area contributed by atoms with E-state index >= 15 is 0 Å². The van der Waals surface area contributed by atoms with Crippen molar-refractivity contribution < 1.29 is 14.1 Å². The van der Waals surface area contributed by atoms with Gasteiger partial charge in [0.05, 0.1) is 13.7 Å². The number of hydrogen-bond donors (Lipinski definition) is 1. The summed E-state index contributed by atoms with van der Waals surface area (Å²) in [6.07, 6.45) is 0. The predicted molar refractivity (Wildman–Crippen MR) is 93.1 cm³/mol. The summed E-state index contributed by atoms with van der Waals surface area (Å²) in [6.45, 7) is 0.241. The Morgan fingerprint density at radius 1 is 1.12 bits per heavy atom. The monoisotopic (exact) mass is 332 g/mol. The van der Waals surface area contributed by atoms with E-state index in [9.17, 15) is 4.79 Å². The minimum atomic E-state index is -0.198. The van der Waals surface area contributed by atoms with Crippen molar-refractivity contribution in [3.8, 4) is 17.6 Å². The number of hydrogen-bond acceptors (Lipinski definition) is 4. The molecule has 0 saturated carbocycles. The molecule has 0 aliphatic carbocycles. The number of nitrogens with one attached hydrogen (secondary N) is 1. The first-order valence-electron chi connectivity index (χ1n) is 7.69. The van der Waals surface area contributed by atoms with Crippen molar-refractivity contribution in [1.82, 2.24) is 10.5 Å². The number of benzene rings is 2. The van der Waals surface area contributed by atoms with Gasteiger partial charge in [-0.3, -0.25) is 4.79 Å². The quantitative estimate of drug-likeness (QED) is 0.746. The fourth-order valence-electron chi connectivity index (χ4n) is 2.12. The molecule has 0 spiro atoms. The highest BCUT2D eigenvalue weighted by atomic mass is 16.5. The molecule has 1 amide bonds. The fraction of sp³-hybridized carbons (Fsp3) is 0.100. The molecule has 0 atom stereocenters. The Hall–Kier alpha value is -3.52. The van der Waals surface area contributed by atoms with Gasteiger partial charge in [0, 0.05) is 17.2 Å². The summed E-state index contributed by atoms with van der Waals surface area (Å²) in [5.74, 6) is 6.98. The lowest BCUT2D eigenvalue weighted by Gasteiger charge is -2.04. The highest BCUT2D eigenvalue weighted by Crippen LogP contribution is 2.11. The van der Waals surface area contributed by atoms with E-state index in [2.05, 4.69) is 22.3 Å². The maximum atomic E-state index is 12.1. The number of aromatic nitrogens is 1. The molecule has 0 aliphatic rings. The Labute approximate surface area is 145 Å². The smallest absolute Gasteiger partial charge is 0.251 e. The van der Waals surface area contributed by atoms with Crippen molar-refractivity contribution in [3.05, 3.63) is 83.2 Å². The van der Waals surface area contributed by atoms with E-state index in [1.807, 2.05) is 30.3 Å². The molecule has 5 nitrogen and oxygen atoms in total. The van der Waals surface area contributed by atoms with E-state index in [4.69, 9.17) is 9.26 Å². The lowest BCUT2D eigenvalue weighted by Crippen LogP contribution is -2.22. The third-order valence-corrected chi connectivity index (χ3v) is 3.44. The number of amides is 1. The topological polar surface area (TPSA) is 64.4 Å². The summed E-state index contributed by atoms with van der Waals surface area (Å²) in [7, 11) is 1.58. The van der Waals surface area contributed by atoms with Gasteiger partial charge in [-0.15, -0.1) is 0 Å². The van der Waals surface area contributed by atoms with Crippen LogP contribution in [0, 0.1) is 11.8 Å². The number of rotatable bonds is 4. The highest BCUT2D eigenvalue weighted by molar-refractivity contribution is 5.94. The van der Waals surface area contributed by atoms with Crippen molar-refractivity contribution in [2.24, 2.45) is 0 Å². The molecule has 0 radical (unpaired) electrons. The predicted octanol–water partition coefficient (Wildman–Crippen LogP) is 3.01.